The summed E-state index contributed by atoms with van der Waals surface area (Å²) in [4.78, 5) is 0. The zero-order valence-electron chi connectivity index (χ0n) is 10.8. The Morgan fingerprint density at radius 3 is 2.59 bits per heavy atom. The van der Waals surface area contributed by atoms with Gasteiger partial charge in [0.05, 0.1) is 37.6 Å². The van der Waals surface area contributed by atoms with Crippen LogP contribution in [0.4, 0.5) is 0 Å². The normalized spacial score (nSPS) is 40.4. The number of ether oxygens (including phenoxy) is 3. The first-order valence-electron chi connectivity index (χ1n) is 6.68. The highest BCUT2D eigenvalue weighted by Crippen LogP contribution is 2.23. The number of aliphatic hydroxyl groups is 1. The predicted molar refractivity (Wildman–Crippen MR) is 63.9 cm³/mol. The lowest BCUT2D eigenvalue weighted by molar-refractivity contribution is -0.118. The lowest BCUT2D eigenvalue weighted by atomic mass is 10.0. The summed E-state index contributed by atoms with van der Waals surface area (Å²) in [5.74, 6) is 0.254. The first kappa shape index (κ1) is 13.3. The minimum atomic E-state index is -0.383. The molecule has 100 valence electrons. The Bertz CT molecular complexity index is 217. The number of aliphatic hydroxyl groups excluding tert-OH is 1. The lowest BCUT2D eigenvalue weighted by Gasteiger charge is -2.32. The van der Waals surface area contributed by atoms with Gasteiger partial charge < -0.3 is 19.3 Å². The highest BCUT2D eigenvalue weighted by atomic mass is 16.5. The summed E-state index contributed by atoms with van der Waals surface area (Å²) < 4.78 is 16.7. The first-order valence-corrected chi connectivity index (χ1v) is 6.68. The van der Waals surface area contributed by atoms with Crippen molar-refractivity contribution in [3.63, 3.8) is 0 Å². The Labute approximate surface area is 103 Å². The van der Waals surface area contributed by atoms with Gasteiger partial charge in [0.25, 0.3) is 0 Å². The van der Waals surface area contributed by atoms with Crippen molar-refractivity contribution in [3.05, 3.63) is 0 Å². The molecule has 4 nitrogen and oxygen atoms in total. The van der Waals surface area contributed by atoms with E-state index < -0.39 is 0 Å². The lowest BCUT2D eigenvalue weighted by Crippen LogP contribution is -2.36. The van der Waals surface area contributed by atoms with Gasteiger partial charge >= 0.3 is 0 Å². The van der Waals surface area contributed by atoms with Crippen LogP contribution >= 0.6 is 0 Å². The summed E-state index contributed by atoms with van der Waals surface area (Å²) >= 11 is 0. The van der Waals surface area contributed by atoms with Crippen LogP contribution in [0.5, 0.6) is 0 Å². The van der Waals surface area contributed by atoms with Crippen molar-refractivity contribution in [2.45, 2.75) is 57.5 Å². The van der Waals surface area contributed by atoms with E-state index in [-0.39, 0.29) is 30.3 Å². The summed E-state index contributed by atoms with van der Waals surface area (Å²) in [7, 11) is 0. The summed E-state index contributed by atoms with van der Waals surface area (Å²) in [6.07, 6.45) is 3.17. The number of hydrogen-bond acceptors (Lipinski definition) is 4. The third-order valence-corrected chi connectivity index (χ3v) is 3.67. The topological polar surface area (TPSA) is 47.9 Å². The minimum absolute atomic E-state index is 0.228. The Kier molecular flexibility index (Phi) is 4.79. The molecule has 0 radical (unpaired) electrons. The molecular formula is C13H24O4. The molecule has 0 spiro atoms. The molecule has 4 atom stereocenters. The molecule has 2 heterocycles. The van der Waals surface area contributed by atoms with E-state index in [4.69, 9.17) is 14.2 Å². The molecule has 0 aromatic carbocycles. The van der Waals surface area contributed by atoms with Crippen molar-refractivity contribution in [2.24, 2.45) is 5.92 Å². The molecular weight excluding hydrogens is 220 g/mol. The monoisotopic (exact) mass is 244 g/mol. The van der Waals surface area contributed by atoms with Crippen LogP contribution in [0.3, 0.4) is 0 Å². The van der Waals surface area contributed by atoms with Gasteiger partial charge in [-0.05, 0) is 33.1 Å². The van der Waals surface area contributed by atoms with E-state index in [9.17, 15) is 5.11 Å². The van der Waals surface area contributed by atoms with Gasteiger partial charge in [-0.2, -0.15) is 0 Å². The van der Waals surface area contributed by atoms with E-state index >= 15 is 0 Å². The van der Waals surface area contributed by atoms with E-state index in [2.05, 4.69) is 13.8 Å². The number of hydrogen-bond donors (Lipinski definition) is 1. The molecule has 4 unspecified atom stereocenters. The van der Waals surface area contributed by atoms with E-state index in [1.165, 1.54) is 0 Å². The van der Waals surface area contributed by atoms with Gasteiger partial charge in [-0.1, -0.05) is 0 Å². The molecule has 2 aliphatic rings. The van der Waals surface area contributed by atoms with Gasteiger partial charge in [0.1, 0.15) is 0 Å². The molecule has 0 aromatic rings. The summed E-state index contributed by atoms with van der Waals surface area (Å²) in [6.45, 7) is 6.02. The van der Waals surface area contributed by atoms with Crippen LogP contribution < -0.4 is 0 Å². The third kappa shape index (κ3) is 3.91. The van der Waals surface area contributed by atoms with E-state index in [0.717, 1.165) is 25.9 Å². The van der Waals surface area contributed by atoms with Gasteiger partial charge in [-0.25, -0.2) is 0 Å². The molecule has 0 bridgehead atoms. The van der Waals surface area contributed by atoms with Crippen molar-refractivity contribution >= 4 is 0 Å². The highest BCUT2D eigenvalue weighted by Gasteiger charge is 2.28. The van der Waals surface area contributed by atoms with Gasteiger partial charge in [-0.3, -0.25) is 0 Å². The molecule has 4 heteroatoms. The van der Waals surface area contributed by atoms with Crippen LogP contribution in [0.15, 0.2) is 0 Å². The highest BCUT2D eigenvalue weighted by molar-refractivity contribution is 4.76. The average Bonchev–Trinajstić information content (AvgIpc) is 2.78. The van der Waals surface area contributed by atoms with Crippen LogP contribution in [0.2, 0.25) is 0 Å². The van der Waals surface area contributed by atoms with Crippen molar-refractivity contribution < 1.29 is 19.3 Å². The zero-order chi connectivity index (χ0) is 12.3. The number of rotatable bonds is 4. The maximum atomic E-state index is 9.98. The van der Waals surface area contributed by atoms with Crippen LogP contribution in [-0.4, -0.2) is 49.3 Å². The molecule has 2 rings (SSSR count). The standard InChI is InChI=1S/C13H24O4/c1-9-5-12(6-10(2)17-9)16-8-13(14)11-3-4-15-7-11/h9-14H,3-8H2,1-2H3. The fraction of sp³-hybridized carbons (Fsp3) is 1.00. The first-order chi connectivity index (χ1) is 8.15. The Morgan fingerprint density at radius 1 is 1.29 bits per heavy atom. The van der Waals surface area contributed by atoms with Gasteiger partial charge in [0, 0.05) is 12.5 Å². The quantitative estimate of drug-likeness (QED) is 0.811. The summed E-state index contributed by atoms with van der Waals surface area (Å²) in [5, 5.41) is 9.98. The van der Waals surface area contributed by atoms with Crippen molar-refractivity contribution in [1.29, 1.82) is 0 Å². The van der Waals surface area contributed by atoms with E-state index in [1.54, 1.807) is 0 Å². The van der Waals surface area contributed by atoms with E-state index in [1.807, 2.05) is 0 Å². The summed E-state index contributed by atoms with van der Waals surface area (Å²) in [6, 6.07) is 0. The van der Waals surface area contributed by atoms with Gasteiger partial charge in [-0.15, -0.1) is 0 Å². The largest absolute Gasteiger partial charge is 0.390 e. The molecule has 0 amide bonds. The Morgan fingerprint density at radius 2 is 2.00 bits per heavy atom. The second kappa shape index (κ2) is 6.14. The average molecular weight is 244 g/mol. The molecule has 1 N–H and O–H groups in total. The second-order valence-corrected chi connectivity index (χ2v) is 5.38. The molecule has 0 saturated carbocycles. The fourth-order valence-electron chi connectivity index (χ4n) is 2.71. The zero-order valence-corrected chi connectivity index (χ0v) is 10.8. The summed E-state index contributed by atoms with van der Waals surface area (Å²) in [5.41, 5.74) is 0. The molecule has 17 heavy (non-hydrogen) atoms. The van der Waals surface area contributed by atoms with Crippen LogP contribution in [0.25, 0.3) is 0 Å². The molecule has 2 aliphatic heterocycles. The molecule has 0 aromatic heterocycles. The van der Waals surface area contributed by atoms with Crippen molar-refractivity contribution in [3.8, 4) is 0 Å². The second-order valence-electron chi connectivity index (χ2n) is 5.38. The SMILES string of the molecule is CC1CC(OCC(O)C2CCOC2)CC(C)O1. The minimum Gasteiger partial charge on any atom is -0.390 e. The van der Waals surface area contributed by atoms with Crippen molar-refractivity contribution in [1.82, 2.24) is 0 Å². The third-order valence-electron chi connectivity index (χ3n) is 3.67. The Balaban J connectivity index is 1.69. The van der Waals surface area contributed by atoms with Crippen LogP contribution in [0.1, 0.15) is 33.1 Å². The van der Waals surface area contributed by atoms with Crippen LogP contribution in [-0.2, 0) is 14.2 Å². The Hall–Kier alpha value is -0.160. The maximum absolute atomic E-state index is 9.98. The smallest absolute Gasteiger partial charge is 0.0824 e. The molecule has 2 fully saturated rings. The van der Waals surface area contributed by atoms with E-state index in [0.29, 0.717) is 13.2 Å². The predicted octanol–water partition coefficient (Wildman–Crippen LogP) is 1.36. The fourth-order valence-corrected chi connectivity index (χ4v) is 2.71. The van der Waals surface area contributed by atoms with Crippen LogP contribution in [0, 0.1) is 5.92 Å². The van der Waals surface area contributed by atoms with Crippen molar-refractivity contribution in [2.75, 3.05) is 19.8 Å². The van der Waals surface area contributed by atoms with Gasteiger partial charge in [0.2, 0.25) is 0 Å². The molecule has 2 saturated heterocycles. The molecule has 0 aliphatic carbocycles. The van der Waals surface area contributed by atoms with Gasteiger partial charge in [0.15, 0.2) is 0 Å². The maximum Gasteiger partial charge on any atom is 0.0824 e.